The molecule has 1 atom stereocenters. The first-order valence-corrected chi connectivity index (χ1v) is 8.58. The first kappa shape index (κ1) is 15.2. The van der Waals surface area contributed by atoms with E-state index in [0.717, 1.165) is 25.4 Å². The predicted octanol–water partition coefficient (Wildman–Crippen LogP) is 4.54. The minimum Gasteiger partial charge on any atom is -0.375 e. The van der Waals surface area contributed by atoms with E-state index in [4.69, 9.17) is 0 Å². The zero-order chi connectivity index (χ0) is 15.9. The lowest BCUT2D eigenvalue weighted by Gasteiger charge is -2.14. The lowest BCUT2D eigenvalue weighted by molar-refractivity contribution is 0.792. The smallest absolute Gasteiger partial charge is 0.259 e. The van der Waals surface area contributed by atoms with Gasteiger partial charge in [-0.15, -0.1) is 11.3 Å². The van der Waals surface area contributed by atoms with Gasteiger partial charge in [0.2, 0.25) is 0 Å². The van der Waals surface area contributed by atoms with Gasteiger partial charge in [0, 0.05) is 15.0 Å². The van der Waals surface area contributed by atoms with Crippen LogP contribution in [0.4, 0.5) is 5.69 Å². The average Bonchev–Trinajstić information content (AvgIpc) is 2.77. The highest BCUT2D eigenvalue weighted by molar-refractivity contribution is 9.10. The van der Waals surface area contributed by atoms with Crippen LogP contribution in [0.1, 0.15) is 29.2 Å². The molecule has 1 aromatic carbocycles. The van der Waals surface area contributed by atoms with Crippen molar-refractivity contribution in [2.45, 2.75) is 26.8 Å². The summed E-state index contributed by atoms with van der Waals surface area (Å²) in [6.45, 7) is 5.97. The fraction of sp³-hybridized carbons (Fsp3) is 0.250. The van der Waals surface area contributed by atoms with Gasteiger partial charge in [-0.2, -0.15) is 0 Å². The molecule has 3 rings (SSSR count). The first-order chi connectivity index (χ1) is 10.5. The lowest BCUT2D eigenvalue weighted by Crippen LogP contribution is -2.17. The maximum absolute atomic E-state index is 12.3. The number of rotatable bonds is 3. The molecule has 0 spiro atoms. The molecular weight excluding hydrogens is 362 g/mol. The summed E-state index contributed by atoms with van der Waals surface area (Å²) in [7, 11) is 0. The lowest BCUT2D eigenvalue weighted by atomic mass is 10.2. The third-order valence-electron chi connectivity index (χ3n) is 3.69. The van der Waals surface area contributed by atoms with Gasteiger partial charge in [-0.05, 0) is 50.6 Å². The van der Waals surface area contributed by atoms with Gasteiger partial charge in [0.25, 0.3) is 5.56 Å². The molecule has 0 amide bonds. The fourth-order valence-electron chi connectivity index (χ4n) is 2.34. The Hall–Kier alpha value is -1.66. The molecule has 0 saturated heterocycles. The Morgan fingerprint density at radius 3 is 2.64 bits per heavy atom. The summed E-state index contributed by atoms with van der Waals surface area (Å²) in [5.41, 5.74) is 1.94. The normalized spacial score (nSPS) is 12.5. The maximum Gasteiger partial charge on any atom is 0.259 e. The average molecular weight is 378 g/mol. The summed E-state index contributed by atoms with van der Waals surface area (Å²) in [5.74, 6) is 0.654. The van der Waals surface area contributed by atoms with Crippen LogP contribution in [0.15, 0.2) is 33.5 Å². The minimum absolute atomic E-state index is 0.0636. The fourth-order valence-corrected chi connectivity index (χ4v) is 3.64. The Morgan fingerprint density at radius 1 is 1.27 bits per heavy atom. The SMILES string of the molecule is Cc1sc2nc(C(C)Nc3ccc(Br)cc3)[nH]c(=O)c2c1C. The number of thiophene rings is 1. The van der Waals surface area contributed by atoms with Crippen molar-refractivity contribution in [3.63, 3.8) is 0 Å². The molecule has 114 valence electrons. The maximum atomic E-state index is 12.3. The second kappa shape index (κ2) is 5.85. The van der Waals surface area contributed by atoms with Crippen LogP contribution in [0.25, 0.3) is 10.2 Å². The van der Waals surface area contributed by atoms with Crippen LogP contribution in [0.2, 0.25) is 0 Å². The Morgan fingerprint density at radius 2 is 1.95 bits per heavy atom. The predicted molar refractivity (Wildman–Crippen MR) is 95.9 cm³/mol. The molecule has 0 fully saturated rings. The Kier molecular flexibility index (Phi) is 4.06. The van der Waals surface area contributed by atoms with E-state index < -0.39 is 0 Å². The van der Waals surface area contributed by atoms with Crippen LogP contribution < -0.4 is 10.9 Å². The van der Waals surface area contributed by atoms with E-state index >= 15 is 0 Å². The van der Waals surface area contributed by atoms with Crippen molar-refractivity contribution in [2.24, 2.45) is 0 Å². The summed E-state index contributed by atoms with van der Waals surface area (Å²) < 4.78 is 1.03. The van der Waals surface area contributed by atoms with E-state index in [2.05, 4.69) is 31.2 Å². The van der Waals surface area contributed by atoms with Crippen molar-refractivity contribution >= 4 is 43.2 Å². The van der Waals surface area contributed by atoms with Gasteiger partial charge in [-0.3, -0.25) is 4.79 Å². The van der Waals surface area contributed by atoms with Crippen LogP contribution >= 0.6 is 27.3 Å². The summed E-state index contributed by atoms with van der Waals surface area (Å²) in [6, 6.07) is 7.83. The molecule has 0 radical (unpaired) electrons. The number of hydrogen-bond donors (Lipinski definition) is 2. The standard InChI is InChI=1S/C16H16BrN3OS/c1-8-10(3)22-16-13(8)15(21)19-14(20-16)9(2)18-12-6-4-11(17)5-7-12/h4-7,9,18H,1-3H3,(H,19,20,21). The van der Waals surface area contributed by atoms with Gasteiger partial charge in [0.05, 0.1) is 11.4 Å². The summed E-state index contributed by atoms with van der Waals surface area (Å²) in [5, 5.41) is 4.06. The highest BCUT2D eigenvalue weighted by Gasteiger charge is 2.15. The minimum atomic E-state index is -0.0824. The number of hydrogen-bond acceptors (Lipinski definition) is 4. The van der Waals surface area contributed by atoms with E-state index in [1.807, 2.05) is 45.0 Å². The molecule has 2 heterocycles. The Balaban J connectivity index is 1.95. The zero-order valence-electron chi connectivity index (χ0n) is 12.5. The van der Waals surface area contributed by atoms with E-state index in [1.165, 1.54) is 0 Å². The molecule has 3 aromatic rings. The van der Waals surface area contributed by atoms with Crippen molar-refractivity contribution in [3.8, 4) is 0 Å². The number of benzene rings is 1. The third-order valence-corrected chi connectivity index (χ3v) is 5.32. The number of nitrogens with zero attached hydrogens (tertiary/aromatic N) is 1. The van der Waals surface area contributed by atoms with Crippen LogP contribution in [0.3, 0.4) is 0 Å². The van der Waals surface area contributed by atoms with E-state index in [-0.39, 0.29) is 11.6 Å². The number of nitrogens with one attached hydrogen (secondary N) is 2. The molecular formula is C16H16BrN3OS. The van der Waals surface area contributed by atoms with Gasteiger partial charge in [-0.1, -0.05) is 15.9 Å². The molecule has 2 N–H and O–H groups in total. The molecule has 0 aliphatic heterocycles. The second-order valence-electron chi connectivity index (χ2n) is 5.29. The molecule has 0 bridgehead atoms. The van der Waals surface area contributed by atoms with Gasteiger partial charge in [0.1, 0.15) is 10.7 Å². The zero-order valence-corrected chi connectivity index (χ0v) is 14.9. The molecule has 2 aromatic heterocycles. The molecule has 6 heteroatoms. The largest absolute Gasteiger partial charge is 0.375 e. The van der Waals surface area contributed by atoms with Crippen molar-refractivity contribution in [1.29, 1.82) is 0 Å². The molecule has 0 saturated carbocycles. The monoisotopic (exact) mass is 377 g/mol. The van der Waals surface area contributed by atoms with Crippen LogP contribution in [-0.2, 0) is 0 Å². The van der Waals surface area contributed by atoms with Crippen LogP contribution in [-0.4, -0.2) is 9.97 Å². The summed E-state index contributed by atoms with van der Waals surface area (Å²) in [4.78, 5) is 21.8. The number of aryl methyl sites for hydroxylation is 2. The number of fused-ring (bicyclic) bond motifs is 1. The quantitative estimate of drug-likeness (QED) is 0.704. The van der Waals surface area contributed by atoms with E-state index in [9.17, 15) is 4.79 Å². The van der Waals surface area contributed by atoms with Gasteiger partial charge in [-0.25, -0.2) is 4.98 Å². The number of H-pyrrole nitrogens is 1. The molecule has 4 nitrogen and oxygen atoms in total. The van der Waals surface area contributed by atoms with Crippen molar-refractivity contribution in [2.75, 3.05) is 5.32 Å². The Bertz CT molecular complexity index is 883. The highest BCUT2D eigenvalue weighted by atomic mass is 79.9. The van der Waals surface area contributed by atoms with E-state index in [1.54, 1.807) is 11.3 Å². The second-order valence-corrected chi connectivity index (χ2v) is 7.41. The Labute approximate surface area is 140 Å². The molecule has 0 aliphatic carbocycles. The van der Waals surface area contributed by atoms with Crippen molar-refractivity contribution in [3.05, 3.63) is 55.4 Å². The van der Waals surface area contributed by atoms with Crippen molar-refractivity contribution in [1.82, 2.24) is 9.97 Å². The number of anilines is 1. The first-order valence-electron chi connectivity index (χ1n) is 6.97. The number of aromatic amines is 1. The van der Waals surface area contributed by atoms with Gasteiger partial charge >= 0.3 is 0 Å². The van der Waals surface area contributed by atoms with Gasteiger partial charge in [0.15, 0.2) is 0 Å². The van der Waals surface area contributed by atoms with Crippen LogP contribution in [0.5, 0.6) is 0 Å². The summed E-state index contributed by atoms with van der Waals surface area (Å²) in [6.07, 6.45) is 0. The van der Waals surface area contributed by atoms with E-state index in [0.29, 0.717) is 11.2 Å². The summed E-state index contributed by atoms with van der Waals surface area (Å²) >= 11 is 4.98. The molecule has 1 unspecified atom stereocenters. The molecule has 22 heavy (non-hydrogen) atoms. The topological polar surface area (TPSA) is 57.8 Å². The van der Waals surface area contributed by atoms with Gasteiger partial charge < -0.3 is 10.3 Å². The highest BCUT2D eigenvalue weighted by Crippen LogP contribution is 2.27. The molecule has 0 aliphatic rings. The number of aromatic nitrogens is 2. The van der Waals surface area contributed by atoms with Crippen molar-refractivity contribution < 1.29 is 0 Å². The third kappa shape index (κ3) is 2.80. The number of halogens is 1. The van der Waals surface area contributed by atoms with Crippen LogP contribution in [0, 0.1) is 13.8 Å².